The normalized spacial score (nSPS) is 15.7. The van der Waals surface area contributed by atoms with Crippen LogP contribution in [-0.2, 0) is 18.7 Å². The molecule has 2 aromatic heterocycles. The van der Waals surface area contributed by atoms with Crippen molar-refractivity contribution >= 4 is 17.6 Å². The topological polar surface area (TPSA) is 80.0 Å². The smallest absolute Gasteiger partial charge is 0.240 e. The number of nitrogens with one attached hydrogen (secondary N) is 1. The molecule has 1 saturated heterocycles. The largest absolute Gasteiger partial charge is 0.356 e. The lowest BCUT2D eigenvalue weighted by Gasteiger charge is -2.34. The number of aryl methyl sites for hydroxylation is 2. The van der Waals surface area contributed by atoms with Crippen LogP contribution in [-0.4, -0.2) is 45.5 Å². The maximum atomic E-state index is 5.28. The van der Waals surface area contributed by atoms with Crippen molar-refractivity contribution in [2.75, 3.05) is 24.2 Å². The van der Waals surface area contributed by atoms with Crippen molar-refractivity contribution in [1.82, 2.24) is 25.4 Å². The fourth-order valence-electron chi connectivity index (χ4n) is 3.08. The predicted octanol–water partition coefficient (Wildman–Crippen LogP) is 2.35. The van der Waals surface area contributed by atoms with Gasteiger partial charge in [0, 0.05) is 30.9 Å². The molecule has 0 unspecified atom stereocenters. The third kappa shape index (κ3) is 4.70. The molecule has 136 valence electrons. The highest BCUT2D eigenvalue weighted by Crippen LogP contribution is 2.22. The Bertz CT molecular complexity index is 684. The quantitative estimate of drug-likeness (QED) is 0.804. The Labute approximate surface area is 153 Å². The molecule has 0 saturated carbocycles. The molecule has 1 N–H and O–H groups in total. The SMILES string of the molecule is CCc1cnc(C)nc1N1CCC(NCc2nc(CSC)no2)CC1. The van der Waals surface area contributed by atoms with E-state index in [1.807, 2.05) is 19.4 Å². The Morgan fingerprint density at radius 1 is 1.32 bits per heavy atom. The van der Waals surface area contributed by atoms with E-state index < -0.39 is 0 Å². The molecule has 0 radical (unpaired) electrons. The van der Waals surface area contributed by atoms with Crippen LogP contribution in [0.4, 0.5) is 5.82 Å². The van der Waals surface area contributed by atoms with Crippen LogP contribution >= 0.6 is 11.8 Å². The van der Waals surface area contributed by atoms with E-state index in [1.54, 1.807) is 11.8 Å². The van der Waals surface area contributed by atoms with Gasteiger partial charge in [0.15, 0.2) is 5.82 Å². The molecule has 0 bridgehead atoms. The first-order valence-electron chi connectivity index (χ1n) is 8.80. The van der Waals surface area contributed by atoms with E-state index in [9.17, 15) is 0 Å². The summed E-state index contributed by atoms with van der Waals surface area (Å²) in [7, 11) is 0. The van der Waals surface area contributed by atoms with Crippen molar-refractivity contribution in [1.29, 1.82) is 0 Å². The molecule has 3 heterocycles. The molecule has 2 aromatic rings. The maximum absolute atomic E-state index is 5.28. The second-order valence-electron chi connectivity index (χ2n) is 6.30. The van der Waals surface area contributed by atoms with Crippen LogP contribution in [0.1, 0.15) is 42.9 Å². The first kappa shape index (κ1) is 18.1. The minimum atomic E-state index is 0.472. The number of aromatic nitrogens is 4. The average Bonchev–Trinajstić information content (AvgIpc) is 3.08. The standard InChI is InChI=1S/C17H26N6OS/c1-4-13-9-18-12(2)20-17(13)23-7-5-14(6-8-23)19-10-16-21-15(11-25-3)22-24-16/h9,14,19H,4-8,10-11H2,1-3H3. The summed E-state index contributed by atoms with van der Waals surface area (Å²) < 4.78 is 5.28. The molecule has 0 amide bonds. The number of nitrogens with zero attached hydrogens (tertiary/aromatic N) is 5. The molecule has 8 heteroatoms. The molecule has 0 spiro atoms. The molecule has 3 rings (SSSR count). The zero-order valence-electron chi connectivity index (χ0n) is 15.2. The summed E-state index contributed by atoms with van der Waals surface area (Å²) in [5.41, 5.74) is 1.23. The first-order valence-corrected chi connectivity index (χ1v) is 10.2. The van der Waals surface area contributed by atoms with Crippen molar-refractivity contribution in [3.05, 3.63) is 29.3 Å². The van der Waals surface area contributed by atoms with Crippen molar-refractivity contribution < 1.29 is 4.52 Å². The van der Waals surface area contributed by atoms with E-state index in [0.717, 1.165) is 55.6 Å². The Balaban J connectivity index is 1.51. The third-order valence-corrected chi connectivity index (χ3v) is 5.01. The van der Waals surface area contributed by atoms with Gasteiger partial charge in [0.1, 0.15) is 11.6 Å². The summed E-state index contributed by atoms with van der Waals surface area (Å²) in [6.45, 7) is 6.75. The van der Waals surface area contributed by atoms with E-state index in [1.165, 1.54) is 5.56 Å². The van der Waals surface area contributed by atoms with Gasteiger partial charge in [0.25, 0.3) is 0 Å². The Morgan fingerprint density at radius 2 is 2.12 bits per heavy atom. The number of piperidine rings is 1. The number of thioether (sulfide) groups is 1. The van der Waals surface area contributed by atoms with Gasteiger partial charge in [-0.25, -0.2) is 9.97 Å². The maximum Gasteiger partial charge on any atom is 0.240 e. The van der Waals surface area contributed by atoms with Crippen LogP contribution in [0.15, 0.2) is 10.7 Å². The Morgan fingerprint density at radius 3 is 2.84 bits per heavy atom. The lowest BCUT2D eigenvalue weighted by atomic mass is 10.0. The lowest BCUT2D eigenvalue weighted by molar-refractivity contribution is 0.339. The summed E-state index contributed by atoms with van der Waals surface area (Å²) in [6.07, 6.45) is 7.12. The highest BCUT2D eigenvalue weighted by molar-refractivity contribution is 7.97. The van der Waals surface area contributed by atoms with Gasteiger partial charge in [-0.05, 0) is 32.4 Å². The van der Waals surface area contributed by atoms with E-state index in [0.29, 0.717) is 18.5 Å². The zero-order chi connectivity index (χ0) is 17.6. The lowest BCUT2D eigenvalue weighted by Crippen LogP contribution is -2.43. The van der Waals surface area contributed by atoms with Crippen molar-refractivity contribution in [3.8, 4) is 0 Å². The van der Waals surface area contributed by atoms with Gasteiger partial charge in [-0.2, -0.15) is 16.7 Å². The molecule has 25 heavy (non-hydrogen) atoms. The van der Waals surface area contributed by atoms with E-state index in [-0.39, 0.29) is 0 Å². The second-order valence-corrected chi connectivity index (χ2v) is 7.17. The second kappa shape index (κ2) is 8.62. The van der Waals surface area contributed by atoms with E-state index >= 15 is 0 Å². The Kier molecular flexibility index (Phi) is 6.25. The van der Waals surface area contributed by atoms with Gasteiger partial charge in [0.05, 0.1) is 12.3 Å². The van der Waals surface area contributed by atoms with Crippen LogP contribution in [0.25, 0.3) is 0 Å². The van der Waals surface area contributed by atoms with E-state index in [4.69, 9.17) is 4.52 Å². The minimum absolute atomic E-state index is 0.472. The number of hydrogen-bond donors (Lipinski definition) is 1. The van der Waals surface area contributed by atoms with Crippen LogP contribution in [0.2, 0.25) is 0 Å². The molecule has 0 aliphatic carbocycles. The molecule has 0 atom stereocenters. The molecule has 1 fully saturated rings. The van der Waals surface area contributed by atoms with Crippen LogP contribution in [0.3, 0.4) is 0 Å². The number of rotatable bonds is 7. The van der Waals surface area contributed by atoms with Crippen LogP contribution in [0, 0.1) is 6.92 Å². The van der Waals surface area contributed by atoms with Gasteiger partial charge < -0.3 is 14.7 Å². The van der Waals surface area contributed by atoms with Crippen molar-refractivity contribution in [3.63, 3.8) is 0 Å². The van der Waals surface area contributed by atoms with Gasteiger partial charge >= 0.3 is 0 Å². The number of hydrogen-bond acceptors (Lipinski definition) is 8. The molecule has 1 aliphatic heterocycles. The predicted molar refractivity (Wildman–Crippen MR) is 99.7 cm³/mol. The molecular formula is C17H26N6OS. The van der Waals surface area contributed by atoms with Gasteiger partial charge in [-0.1, -0.05) is 12.1 Å². The fourth-order valence-corrected chi connectivity index (χ4v) is 3.46. The van der Waals surface area contributed by atoms with E-state index in [2.05, 4.69) is 37.2 Å². The van der Waals surface area contributed by atoms with Gasteiger partial charge in [-0.3, -0.25) is 0 Å². The monoisotopic (exact) mass is 362 g/mol. The van der Waals surface area contributed by atoms with Gasteiger partial charge in [0.2, 0.25) is 5.89 Å². The molecule has 0 aromatic carbocycles. The van der Waals surface area contributed by atoms with Gasteiger partial charge in [-0.15, -0.1) is 0 Å². The first-order chi connectivity index (χ1) is 12.2. The molecule has 1 aliphatic rings. The zero-order valence-corrected chi connectivity index (χ0v) is 16.0. The summed E-state index contributed by atoms with van der Waals surface area (Å²) in [4.78, 5) is 15.8. The summed E-state index contributed by atoms with van der Waals surface area (Å²) in [5, 5.41) is 7.52. The minimum Gasteiger partial charge on any atom is -0.356 e. The summed E-state index contributed by atoms with van der Waals surface area (Å²) in [5.74, 6) is 4.17. The molecule has 7 nitrogen and oxygen atoms in total. The average molecular weight is 363 g/mol. The van der Waals surface area contributed by atoms with Crippen molar-refractivity contribution in [2.45, 2.75) is 51.4 Å². The highest BCUT2D eigenvalue weighted by atomic mass is 32.2. The van der Waals surface area contributed by atoms with Crippen molar-refractivity contribution in [2.24, 2.45) is 0 Å². The van der Waals surface area contributed by atoms with Crippen LogP contribution < -0.4 is 10.2 Å². The summed E-state index contributed by atoms with van der Waals surface area (Å²) in [6, 6.07) is 0.472. The molecular weight excluding hydrogens is 336 g/mol. The van der Waals surface area contributed by atoms with Crippen LogP contribution in [0.5, 0.6) is 0 Å². The fraction of sp³-hybridized carbons (Fsp3) is 0.647. The Hall–Kier alpha value is -1.67. The summed E-state index contributed by atoms with van der Waals surface area (Å²) >= 11 is 1.69. The third-order valence-electron chi connectivity index (χ3n) is 4.46. The highest BCUT2D eigenvalue weighted by Gasteiger charge is 2.22. The number of anilines is 1.